The number of aryl methyl sites for hydroxylation is 1. The predicted molar refractivity (Wildman–Crippen MR) is 121 cm³/mol. The zero-order valence-electron chi connectivity index (χ0n) is 20.4. The van der Waals surface area contributed by atoms with Crippen molar-refractivity contribution in [2.45, 2.75) is 53.5 Å². The molecule has 186 valence electrons. The lowest BCUT2D eigenvalue weighted by Gasteiger charge is -2.35. The molecule has 0 bridgehead atoms. The maximum absolute atomic E-state index is 12.7. The highest BCUT2D eigenvalue weighted by Gasteiger charge is 2.37. The van der Waals surface area contributed by atoms with Crippen molar-refractivity contribution in [2.24, 2.45) is 11.3 Å². The minimum absolute atomic E-state index is 0.0557. The minimum Gasteiger partial charge on any atom is -0.464 e. The highest BCUT2D eigenvalue weighted by atomic mass is 16.5. The Balaban J connectivity index is 1.71. The van der Waals surface area contributed by atoms with Crippen molar-refractivity contribution in [3.8, 4) is 0 Å². The van der Waals surface area contributed by atoms with E-state index in [1.165, 1.54) is 0 Å². The second kappa shape index (κ2) is 10.3. The molecule has 2 N–H and O–H groups in total. The summed E-state index contributed by atoms with van der Waals surface area (Å²) >= 11 is 0. The second-order valence-corrected chi connectivity index (χ2v) is 9.52. The fourth-order valence-corrected chi connectivity index (χ4v) is 4.06. The first-order valence-corrected chi connectivity index (χ1v) is 11.5. The quantitative estimate of drug-likeness (QED) is 0.606. The highest BCUT2D eigenvalue weighted by Crippen LogP contribution is 2.30. The monoisotopic (exact) mass is 475 g/mol. The summed E-state index contributed by atoms with van der Waals surface area (Å²) in [5, 5.41) is 5.23. The number of esters is 2. The molecule has 10 heteroatoms. The van der Waals surface area contributed by atoms with Crippen molar-refractivity contribution in [1.82, 2.24) is 15.5 Å². The third kappa shape index (κ3) is 5.78. The van der Waals surface area contributed by atoms with Crippen molar-refractivity contribution in [3.63, 3.8) is 0 Å². The Kier molecular flexibility index (Phi) is 7.68. The number of amides is 3. The van der Waals surface area contributed by atoms with Gasteiger partial charge in [0.2, 0.25) is 5.91 Å². The van der Waals surface area contributed by atoms with Gasteiger partial charge in [0.25, 0.3) is 0 Å². The number of carbonyl (C=O) groups excluding carboxylic acids is 4. The first kappa shape index (κ1) is 25.3. The van der Waals surface area contributed by atoms with Gasteiger partial charge in [0, 0.05) is 18.5 Å². The Morgan fingerprint density at radius 2 is 1.82 bits per heavy atom. The minimum atomic E-state index is -0.873. The summed E-state index contributed by atoms with van der Waals surface area (Å²) in [7, 11) is 0. The van der Waals surface area contributed by atoms with E-state index in [9.17, 15) is 19.2 Å². The van der Waals surface area contributed by atoms with Crippen LogP contribution in [0.1, 0.15) is 58.1 Å². The van der Waals surface area contributed by atoms with Crippen LogP contribution in [0, 0.1) is 18.3 Å². The first-order valence-electron chi connectivity index (χ1n) is 11.5. The smallest absolute Gasteiger partial charge is 0.338 e. The molecule has 3 amide bonds. The van der Waals surface area contributed by atoms with Crippen LogP contribution in [0.4, 0.5) is 4.79 Å². The molecule has 3 heterocycles. The molecule has 0 aromatic carbocycles. The average Bonchev–Trinajstić information content (AvgIpc) is 3.22. The maximum Gasteiger partial charge on any atom is 0.338 e. The van der Waals surface area contributed by atoms with Gasteiger partial charge in [0.1, 0.15) is 24.2 Å². The largest absolute Gasteiger partial charge is 0.464 e. The van der Waals surface area contributed by atoms with Crippen molar-refractivity contribution >= 4 is 23.9 Å². The summed E-state index contributed by atoms with van der Waals surface area (Å²) in [6.45, 7) is 9.84. The highest BCUT2D eigenvalue weighted by molar-refractivity contribution is 5.95. The van der Waals surface area contributed by atoms with Crippen LogP contribution in [-0.4, -0.2) is 55.1 Å². The van der Waals surface area contributed by atoms with E-state index in [1.54, 1.807) is 30.9 Å². The molecule has 1 aromatic heterocycles. The van der Waals surface area contributed by atoms with Crippen LogP contribution in [0.25, 0.3) is 0 Å². The lowest BCUT2D eigenvalue weighted by atomic mass is 9.91. The van der Waals surface area contributed by atoms with Gasteiger partial charge in [0.15, 0.2) is 0 Å². The SMILES string of the molecule is CCOC(=O)C1=C(COC(=O)C2CCN(C(=O)C(C)(C)C)CC2)NC(=O)NC1c1ccc(C)o1. The summed E-state index contributed by atoms with van der Waals surface area (Å²) in [4.78, 5) is 52.0. The topological polar surface area (TPSA) is 127 Å². The van der Waals surface area contributed by atoms with E-state index in [4.69, 9.17) is 13.9 Å². The maximum atomic E-state index is 12.7. The third-order valence-corrected chi connectivity index (χ3v) is 5.81. The van der Waals surface area contributed by atoms with E-state index >= 15 is 0 Å². The molecule has 1 saturated heterocycles. The Labute approximate surface area is 199 Å². The summed E-state index contributed by atoms with van der Waals surface area (Å²) in [5.74, 6) is -0.395. The standard InChI is InChI=1S/C24H33N3O7/c1-6-32-21(29)18-16(25-23(31)26-19(18)17-8-7-14(2)34-17)13-33-20(28)15-9-11-27(12-10-15)22(30)24(3,4)5/h7-8,15,19H,6,9-13H2,1-5H3,(H2,25,26,31). The molecule has 0 saturated carbocycles. The molecule has 1 aromatic rings. The summed E-state index contributed by atoms with van der Waals surface area (Å²) in [6.07, 6.45) is 0.985. The summed E-state index contributed by atoms with van der Waals surface area (Å²) in [6, 6.07) is 1.97. The van der Waals surface area contributed by atoms with E-state index in [-0.39, 0.29) is 36.3 Å². The summed E-state index contributed by atoms with van der Waals surface area (Å²) < 4.78 is 16.3. The van der Waals surface area contributed by atoms with Crippen molar-refractivity contribution in [1.29, 1.82) is 0 Å². The fourth-order valence-electron chi connectivity index (χ4n) is 4.06. The third-order valence-electron chi connectivity index (χ3n) is 5.81. The molecule has 3 rings (SSSR count). The van der Waals surface area contributed by atoms with Gasteiger partial charge < -0.3 is 29.4 Å². The van der Waals surface area contributed by atoms with Crippen LogP contribution in [-0.2, 0) is 23.9 Å². The normalized spacial score (nSPS) is 19.4. The molecule has 0 aliphatic carbocycles. The molecule has 1 atom stereocenters. The Bertz CT molecular complexity index is 981. The van der Waals surface area contributed by atoms with Crippen LogP contribution >= 0.6 is 0 Å². The van der Waals surface area contributed by atoms with Gasteiger partial charge in [-0.2, -0.15) is 0 Å². The van der Waals surface area contributed by atoms with Gasteiger partial charge in [-0.15, -0.1) is 0 Å². The van der Waals surface area contributed by atoms with Crippen LogP contribution in [0.3, 0.4) is 0 Å². The van der Waals surface area contributed by atoms with E-state index in [0.29, 0.717) is 37.5 Å². The molecule has 2 aliphatic rings. The van der Waals surface area contributed by atoms with Gasteiger partial charge in [-0.3, -0.25) is 9.59 Å². The molecule has 0 radical (unpaired) electrons. The van der Waals surface area contributed by atoms with E-state index < -0.39 is 29.4 Å². The van der Waals surface area contributed by atoms with Gasteiger partial charge in [-0.1, -0.05) is 20.8 Å². The van der Waals surface area contributed by atoms with Crippen LogP contribution in [0.5, 0.6) is 0 Å². The van der Waals surface area contributed by atoms with Crippen LogP contribution < -0.4 is 10.6 Å². The number of hydrogen-bond acceptors (Lipinski definition) is 7. The number of hydrogen-bond donors (Lipinski definition) is 2. The zero-order valence-corrected chi connectivity index (χ0v) is 20.4. The Hall–Kier alpha value is -3.30. The average molecular weight is 476 g/mol. The van der Waals surface area contributed by atoms with Gasteiger partial charge in [-0.25, -0.2) is 9.59 Å². The zero-order chi connectivity index (χ0) is 25.0. The van der Waals surface area contributed by atoms with Crippen molar-refractivity contribution in [3.05, 3.63) is 34.9 Å². The predicted octanol–water partition coefficient (Wildman–Crippen LogP) is 2.59. The Morgan fingerprint density at radius 1 is 1.15 bits per heavy atom. The molecule has 10 nitrogen and oxygen atoms in total. The van der Waals surface area contributed by atoms with Crippen molar-refractivity contribution in [2.75, 3.05) is 26.3 Å². The molecule has 1 unspecified atom stereocenters. The number of urea groups is 1. The van der Waals surface area contributed by atoms with Gasteiger partial charge in [0.05, 0.1) is 23.8 Å². The fraction of sp³-hybridized carbons (Fsp3) is 0.583. The molecule has 1 fully saturated rings. The van der Waals surface area contributed by atoms with Crippen molar-refractivity contribution < 1.29 is 33.1 Å². The number of likely N-dealkylation sites (tertiary alicyclic amines) is 1. The van der Waals surface area contributed by atoms with Gasteiger partial charge in [-0.05, 0) is 38.8 Å². The first-order chi connectivity index (χ1) is 16.0. The number of nitrogens with one attached hydrogen (secondary N) is 2. The lowest BCUT2D eigenvalue weighted by Crippen LogP contribution is -2.47. The summed E-state index contributed by atoms with van der Waals surface area (Å²) in [5.41, 5.74) is -0.205. The molecular formula is C24H33N3O7. The molecule has 2 aliphatic heterocycles. The van der Waals surface area contributed by atoms with E-state index in [1.807, 2.05) is 20.8 Å². The number of ether oxygens (including phenoxy) is 2. The van der Waals surface area contributed by atoms with E-state index in [0.717, 1.165) is 0 Å². The van der Waals surface area contributed by atoms with Crippen LogP contribution in [0.2, 0.25) is 0 Å². The number of piperidine rings is 1. The van der Waals surface area contributed by atoms with E-state index in [2.05, 4.69) is 10.6 Å². The van der Waals surface area contributed by atoms with Gasteiger partial charge >= 0.3 is 18.0 Å². The number of furan rings is 1. The molecule has 0 spiro atoms. The Morgan fingerprint density at radius 3 is 2.38 bits per heavy atom. The molecule has 34 heavy (non-hydrogen) atoms. The number of carbonyl (C=O) groups is 4. The number of rotatable bonds is 6. The molecular weight excluding hydrogens is 442 g/mol. The second-order valence-electron chi connectivity index (χ2n) is 9.52. The number of nitrogens with zero attached hydrogens (tertiary/aromatic N) is 1. The lowest BCUT2D eigenvalue weighted by molar-refractivity contribution is -0.152. The van der Waals surface area contributed by atoms with Crippen LogP contribution in [0.15, 0.2) is 27.8 Å².